The van der Waals surface area contributed by atoms with E-state index in [0.717, 1.165) is 18.7 Å². The molecule has 19 heavy (non-hydrogen) atoms. The number of furan rings is 1. The van der Waals surface area contributed by atoms with Crippen LogP contribution in [-0.2, 0) is 0 Å². The van der Waals surface area contributed by atoms with E-state index in [2.05, 4.69) is 50.4 Å². The fourth-order valence-corrected chi connectivity index (χ4v) is 2.33. The third kappa shape index (κ3) is 3.07. The Morgan fingerprint density at radius 3 is 2.47 bits per heavy atom. The predicted octanol–water partition coefficient (Wildman–Crippen LogP) is 4.29. The van der Waals surface area contributed by atoms with Gasteiger partial charge in [0.1, 0.15) is 5.76 Å². The molecule has 102 valence electrons. The fraction of sp³-hybridized carbons (Fsp3) is 0.412. The molecule has 0 aliphatic rings. The smallest absolute Gasteiger partial charge is 0.105 e. The van der Waals surface area contributed by atoms with E-state index in [4.69, 9.17) is 4.42 Å². The highest BCUT2D eigenvalue weighted by Crippen LogP contribution is 2.27. The second-order valence-electron chi connectivity index (χ2n) is 5.16. The van der Waals surface area contributed by atoms with Crippen molar-refractivity contribution in [2.45, 2.75) is 40.2 Å². The Morgan fingerprint density at radius 1 is 1.11 bits per heavy atom. The van der Waals surface area contributed by atoms with Gasteiger partial charge in [-0.2, -0.15) is 0 Å². The highest BCUT2D eigenvalue weighted by atomic mass is 16.3. The summed E-state index contributed by atoms with van der Waals surface area (Å²) in [6.07, 6.45) is 2.89. The van der Waals surface area contributed by atoms with E-state index in [9.17, 15) is 0 Å². The molecule has 1 aromatic heterocycles. The van der Waals surface area contributed by atoms with E-state index in [1.165, 1.54) is 22.3 Å². The van der Waals surface area contributed by atoms with Crippen molar-refractivity contribution < 1.29 is 4.42 Å². The van der Waals surface area contributed by atoms with Crippen LogP contribution in [0.3, 0.4) is 0 Å². The van der Waals surface area contributed by atoms with Gasteiger partial charge in [-0.05, 0) is 56.5 Å². The van der Waals surface area contributed by atoms with Crippen LogP contribution in [0, 0.1) is 20.8 Å². The lowest BCUT2D eigenvalue weighted by Gasteiger charge is -2.19. The minimum Gasteiger partial charge on any atom is -0.469 e. The molecule has 2 aromatic rings. The molecule has 2 heteroatoms. The Balaban J connectivity index is 2.37. The topological polar surface area (TPSA) is 25.2 Å². The third-order valence-electron chi connectivity index (χ3n) is 3.67. The first-order valence-electron chi connectivity index (χ1n) is 6.98. The van der Waals surface area contributed by atoms with Crippen molar-refractivity contribution in [2.24, 2.45) is 0 Å². The summed E-state index contributed by atoms with van der Waals surface area (Å²) in [5.41, 5.74) is 5.21. The van der Waals surface area contributed by atoms with Crippen LogP contribution >= 0.6 is 0 Å². The molecule has 0 fully saturated rings. The molecule has 0 bridgehead atoms. The molecule has 1 atom stereocenters. The highest BCUT2D eigenvalue weighted by molar-refractivity contribution is 5.37. The molecule has 2 nitrogen and oxygen atoms in total. The normalized spacial score (nSPS) is 12.6. The van der Waals surface area contributed by atoms with Gasteiger partial charge >= 0.3 is 0 Å². The molecular formula is C17H23NO. The van der Waals surface area contributed by atoms with Crippen LogP contribution in [-0.4, -0.2) is 6.54 Å². The summed E-state index contributed by atoms with van der Waals surface area (Å²) in [6, 6.07) is 8.97. The van der Waals surface area contributed by atoms with Crippen LogP contribution in [0.1, 0.15) is 47.4 Å². The molecule has 0 aliphatic carbocycles. The minimum atomic E-state index is 0.220. The van der Waals surface area contributed by atoms with Gasteiger partial charge in [0.15, 0.2) is 0 Å². The van der Waals surface area contributed by atoms with Gasteiger partial charge in [-0.1, -0.05) is 25.1 Å². The SMILES string of the molecule is CCCNC(c1ccc(C)c(C)c1)c1ccoc1C. The Labute approximate surface area is 115 Å². The van der Waals surface area contributed by atoms with E-state index >= 15 is 0 Å². The summed E-state index contributed by atoms with van der Waals surface area (Å²) in [5.74, 6) is 0.992. The number of rotatable bonds is 5. The summed E-state index contributed by atoms with van der Waals surface area (Å²) < 4.78 is 5.46. The van der Waals surface area contributed by atoms with Crippen molar-refractivity contribution in [2.75, 3.05) is 6.54 Å². The number of nitrogens with one attached hydrogen (secondary N) is 1. The quantitative estimate of drug-likeness (QED) is 0.864. The number of hydrogen-bond donors (Lipinski definition) is 1. The molecule has 1 heterocycles. The van der Waals surface area contributed by atoms with E-state index in [-0.39, 0.29) is 6.04 Å². The average Bonchev–Trinajstić information content (AvgIpc) is 2.80. The van der Waals surface area contributed by atoms with E-state index in [1.807, 2.05) is 6.92 Å². The number of hydrogen-bond acceptors (Lipinski definition) is 2. The molecule has 1 aromatic carbocycles. The molecule has 0 saturated heterocycles. The van der Waals surface area contributed by atoms with Crippen molar-refractivity contribution in [3.05, 3.63) is 58.5 Å². The summed E-state index contributed by atoms with van der Waals surface area (Å²) in [5, 5.41) is 3.62. The summed E-state index contributed by atoms with van der Waals surface area (Å²) in [7, 11) is 0. The summed E-state index contributed by atoms with van der Waals surface area (Å²) >= 11 is 0. The van der Waals surface area contributed by atoms with Crippen LogP contribution in [0.15, 0.2) is 34.9 Å². The van der Waals surface area contributed by atoms with Gasteiger partial charge < -0.3 is 9.73 Å². The standard InChI is InChI=1S/C17H23NO/c1-5-9-18-17(16-8-10-19-14(16)4)15-7-6-12(2)13(3)11-15/h6-8,10-11,17-18H,5,9H2,1-4H3. The Bertz CT molecular complexity index is 542. The summed E-state index contributed by atoms with van der Waals surface area (Å²) in [4.78, 5) is 0. The first-order chi connectivity index (χ1) is 9.13. The maximum atomic E-state index is 5.46. The van der Waals surface area contributed by atoms with E-state index in [0.29, 0.717) is 0 Å². The molecular weight excluding hydrogens is 234 g/mol. The zero-order valence-electron chi connectivity index (χ0n) is 12.3. The van der Waals surface area contributed by atoms with Crippen LogP contribution in [0.25, 0.3) is 0 Å². The molecule has 1 N–H and O–H groups in total. The van der Waals surface area contributed by atoms with Crippen LogP contribution in [0.2, 0.25) is 0 Å². The second kappa shape index (κ2) is 6.07. The first-order valence-corrected chi connectivity index (χ1v) is 6.98. The molecule has 0 radical (unpaired) electrons. The zero-order valence-corrected chi connectivity index (χ0v) is 12.3. The zero-order chi connectivity index (χ0) is 13.8. The predicted molar refractivity (Wildman–Crippen MR) is 79.5 cm³/mol. The van der Waals surface area contributed by atoms with Crippen molar-refractivity contribution in [1.29, 1.82) is 0 Å². The van der Waals surface area contributed by atoms with Crippen molar-refractivity contribution in [1.82, 2.24) is 5.32 Å². The van der Waals surface area contributed by atoms with Gasteiger partial charge in [-0.25, -0.2) is 0 Å². The lowest BCUT2D eigenvalue weighted by Crippen LogP contribution is -2.23. The summed E-state index contributed by atoms with van der Waals surface area (Å²) in [6.45, 7) is 9.53. The Morgan fingerprint density at radius 2 is 1.89 bits per heavy atom. The minimum absolute atomic E-state index is 0.220. The van der Waals surface area contributed by atoms with Gasteiger partial charge in [-0.15, -0.1) is 0 Å². The number of aryl methyl sites for hydroxylation is 3. The molecule has 0 saturated carbocycles. The van der Waals surface area contributed by atoms with Crippen LogP contribution < -0.4 is 5.32 Å². The highest BCUT2D eigenvalue weighted by Gasteiger charge is 2.17. The largest absolute Gasteiger partial charge is 0.469 e. The second-order valence-corrected chi connectivity index (χ2v) is 5.16. The fourth-order valence-electron chi connectivity index (χ4n) is 2.33. The van der Waals surface area contributed by atoms with Gasteiger partial charge in [0, 0.05) is 5.56 Å². The maximum absolute atomic E-state index is 5.46. The van der Waals surface area contributed by atoms with Gasteiger partial charge in [-0.3, -0.25) is 0 Å². The van der Waals surface area contributed by atoms with Crippen molar-refractivity contribution in [3.8, 4) is 0 Å². The molecule has 2 rings (SSSR count). The first kappa shape index (κ1) is 13.9. The molecule has 0 amide bonds. The molecule has 1 unspecified atom stereocenters. The molecule has 0 aliphatic heterocycles. The van der Waals surface area contributed by atoms with Crippen molar-refractivity contribution >= 4 is 0 Å². The monoisotopic (exact) mass is 257 g/mol. The average molecular weight is 257 g/mol. The maximum Gasteiger partial charge on any atom is 0.105 e. The Kier molecular flexibility index (Phi) is 4.43. The van der Waals surface area contributed by atoms with Crippen LogP contribution in [0.4, 0.5) is 0 Å². The lowest BCUT2D eigenvalue weighted by molar-refractivity contribution is 0.517. The van der Waals surface area contributed by atoms with Gasteiger partial charge in [0.2, 0.25) is 0 Å². The van der Waals surface area contributed by atoms with E-state index < -0.39 is 0 Å². The lowest BCUT2D eigenvalue weighted by atomic mass is 9.96. The Hall–Kier alpha value is -1.54. The van der Waals surface area contributed by atoms with Crippen LogP contribution in [0.5, 0.6) is 0 Å². The van der Waals surface area contributed by atoms with E-state index in [1.54, 1.807) is 6.26 Å². The third-order valence-corrected chi connectivity index (χ3v) is 3.67. The van der Waals surface area contributed by atoms with Gasteiger partial charge in [0.05, 0.1) is 12.3 Å². The van der Waals surface area contributed by atoms with Crippen molar-refractivity contribution in [3.63, 3.8) is 0 Å². The number of benzene rings is 1. The molecule has 0 spiro atoms. The van der Waals surface area contributed by atoms with Gasteiger partial charge in [0.25, 0.3) is 0 Å².